The first-order chi connectivity index (χ1) is 16.7. The van der Waals surface area contributed by atoms with Crippen molar-refractivity contribution in [3.8, 4) is 0 Å². The van der Waals surface area contributed by atoms with Crippen molar-refractivity contribution in [3.05, 3.63) is 0 Å². The number of nitrogens with two attached hydrogens (primary N) is 1. The maximum Gasteiger partial charge on any atom is 0.306 e. The maximum absolute atomic E-state index is 12.6. The van der Waals surface area contributed by atoms with Crippen LogP contribution in [0.3, 0.4) is 0 Å². The number of aliphatic carboxylic acids is 1. The Morgan fingerprint density at radius 2 is 1.25 bits per heavy atom. The van der Waals surface area contributed by atoms with Crippen molar-refractivity contribution in [1.29, 1.82) is 0 Å². The quantitative estimate of drug-likeness (QED) is 0.138. The highest BCUT2D eigenvalue weighted by Crippen LogP contribution is 2.13. The minimum atomic E-state index is -1.28. The van der Waals surface area contributed by atoms with Crippen molar-refractivity contribution in [3.63, 3.8) is 0 Å². The average molecular weight is 517 g/mol. The van der Waals surface area contributed by atoms with Crippen molar-refractivity contribution >= 4 is 23.7 Å². The molecule has 36 heavy (non-hydrogen) atoms. The zero-order valence-corrected chi connectivity index (χ0v) is 22.6. The number of carboxylic acid groups (broad SMARTS) is 1. The zero-order valence-electron chi connectivity index (χ0n) is 22.6. The molecule has 0 saturated heterocycles. The van der Waals surface area contributed by atoms with E-state index in [1.807, 2.05) is 34.6 Å². The van der Waals surface area contributed by atoms with Gasteiger partial charge in [0, 0.05) is 0 Å². The summed E-state index contributed by atoms with van der Waals surface area (Å²) in [7, 11) is 0. The van der Waals surface area contributed by atoms with Gasteiger partial charge in [-0.15, -0.1) is 0 Å². The number of carbonyl (C=O) groups excluding carboxylic acids is 3. The summed E-state index contributed by atoms with van der Waals surface area (Å²) >= 11 is 0. The molecule has 0 fully saturated rings. The molecule has 0 aliphatic heterocycles. The van der Waals surface area contributed by atoms with Gasteiger partial charge in [-0.2, -0.15) is 0 Å². The minimum Gasteiger partial charge on any atom is -0.481 e. The van der Waals surface area contributed by atoms with Crippen molar-refractivity contribution in [1.82, 2.24) is 16.0 Å². The lowest BCUT2D eigenvalue weighted by Crippen LogP contribution is -2.53. The average Bonchev–Trinajstić information content (AvgIpc) is 2.74. The summed E-state index contributed by atoms with van der Waals surface area (Å²) in [4.78, 5) is 48.6. The summed E-state index contributed by atoms with van der Waals surface area (Å²) in [6.45, 7) is 11.1. The Bertz CT molecular complexity index is 702. The second kappa shape index (κ2) is 17.3. The Labute approximate surface area is 215 Å². The monoisotopic (exact) mass is 516 g/mol. The fourth-order valence-electron chi connectivity index (χ4n) is 3.81. The van der Waals surface area contributed by atoms with E-state index in [2.05, 4.69) is 16.0 Å². The predicted octanol–water partition coefficient (Wildman–Crippen LogP) is 0.657. The first kappa shape index (κ1) is 33.8. The van der Waals surface area contributed by atoms with Crippen LogP contribution in [0.25, 0.3) is 0 Å². The Kier molecular flexibility index (Phi) is 16.2. The number of hydrogen-bond donors (Lipinski definition) is 7. The normalized spacial score (nSPS) is 16.5. The first-order valence-corrected chi connectivity index (χ1v) is 12.9. The van der Waals surface area contributed by atoms with Gasteiger partial charge in [0.05, 0.1) is 43.2 Å². The van der Waals surface area contributed by atoms with Crippen molar-refractivity contribution in [2.45, 2.75) is 123 Å². The summed E-state index contributed by atoms with van der Waals surface area (Å²) in [5, 5.41) is 37.7. The van der Waals surface area contributed by atoms with Gasteiger partial charge in [-0.3, -0.25) is 19.2 Å². The van der Waals surface area contributed by atoms with Crippen molar-refractivity contribution < 1.29 is 34.5 Å². The second-order valence-electron chi connectivity index (χ2n) is 10.5. The van der Waals surface area contributed by atoms with E-state index < -0.39 is 60.6 Å². The van der Waals surface area contributed by atoms with Crippen LogP contribution in [0.4, 0.5) is 0 Å². The van der Waals surface area contributed by atoms with Crippen molar-refractivity contribution in [2.24, 2.45) is 17.6 Å². The smallest absolute Gasteiger partial charge is 0.306 e. The number of hydrogen-bond acceptors (Lipinski definition) is 7. The number of unbranched alkanes of at least 4 members (excludes halogenated alkanes) is 1. The summed E-state index contributed by atoms with van der Waals surface area (Å²) in [6, 6.07) is -3.15. The number of nitrogens with one attached hydrogen (secondary N) is 3. The minimum absolute atomic E-state index is 0.0852. The first-order valence-electron chi connectivity index (χ1n) is 12.9. The number of aliphatic hydroxyl groups excluding tert-OH is 2. The molecule has 210 valence electrons. The number of amides is 3. The number of aliphatic hydroxyl groups is 2. The Morgan fingerprint density at radius 1 is 0.778 bits per heavy atom. The van der Waals surface area contributed by atoms with Gasteiger partial charge in [0.1, 0.15) is 6.04 Å². The zero-order chi connectivity index (χ0) is 28.0. The molecule has 0 aromatic heterocycles. The van der Waals surface area contributed by atoms with Gasteiger partial charge in [-0.05, 0) is 38.0 Å². The fraction of sp³-hybridized carbons (Fsp3) is 0.840. The van der Waals surface area contributed by atoms with Crippen LogP contribution in [0.15, 0.2) is 0 Å². The van der Waals surface area contributed by atoms with Gasteiger partial charge in [0.25, 0.3) is 0 Å². The fourth-order valence-corrected chi connectivity index (χ4v) is 3.81. The SMILES string of the molecule is CCCCC(N)C(=O)NC(CC(C)C)C(O)CC(=O)NC(C)C(=O)NC(CC(C)C)C(O)CC(=O)O. The highest BCUT2D eigenvalue weighted by molar-refractivity contribution is 5.87. The predicted molar refractivity (Wildman–Crippen MR) is 137 cm³/mol. The Hall–Kier alpha value is -2.24. The van der Waals surface area contributed by atoms with Crippen LogP contribution in [-0.2, 0) is 19.2 Å². The van der Waals surface area contributed by atoms with E-state index in [1.54, 1.807) is 0 Å². The van der Waals surface area contributed by atoms with Crippen LogP contribution < -0.4 is 21.7 Å². The van der Waals surface area contributed by atoms with Gasteiger partial charge < -0.3 is 37.0 Å². The standard InChI is InChI=1S/C25H48N4O7/c1-7-8-9-17(26)25(36)29-18(10-14(2)3)20(30)12-22(32)27-16(6)24(35)28-19(11-15(4)5)21(31)13-23(33)34/h14-21,30-31H,7-13,26H2,1-6H3,(H,27,32)(H,28,35)(H,29,36)(H,33,34). The molecule has 0 radical (unpaired) electrons. The van der Waals surface area contributed by atoms with Crippen LogP contribution >= 0.6 is 0 Å². The third kappa shape index (κ3) is 14.4. The van der Waals surface area contributed by atoms with E-state index in [0.717, 1.165) is 12.8 Å². The van der Waals surface area contributed by atoms with E-state index in [1.165, 1.54) is 6.92 Å². The molecular weight excluding hydrogens is 468 g/mol. The largest absolute Gasteiger partial charge is 0.481 e. The van der Waals surface area contributed by atoms with Gasteiger partial charge in [0.15, 0.2) is 0 Å². The lowest BCUT2D eigenvalue weighted by molar-refractivity contribution is -0.140. The van der Waals surface area contributed by atoms with E-state index in [9.17, 15) is 29.4 Å². The molecule has 0 rings (SSSR count). The Balaban J connectivity index is 5.06. The molecular formula is C25H48N4O7. The molecule has 6 atom stereocenters. The lowest BCUT2D eigenvalue weighted by atomic mass is 9.96. The topological polar surface area (TPSA) is 191 Å². The highest BCUT2D eigenvalue weighted by Gasteiger charge is 2.29. The molecule has 0 saturated carbocycles. The molecule has 0 heterocycles. The number of carbonyl (C=O) groups is 4. The molecule has 8 N–H and O–H groups in total. The molecule has 0 spiro atoms. The Morgan fingerprint density at radius 3 is 1.69 bits per heavy atom. The molecule has 11 nitrogen and oxygen atoms in total. The number of rotatable bonds is 18. The van der Waals surface area contributed by atoms with Crippen LogP contribution in [0.2, 0.25) is 0 Å². The summed E-state index contributed by atoms with van der Waals surface area (Å²) in [5.41, 5.74) is 5.93. The molecule has 0 aliphatic rings. The van der Waals surface area contributed by atoms with Crippen molar-refractivity contribution in [2.75, 3.05) is 0 Å². The van der Waals surface area contributed by atoms with Crippen LogP contribution in [0.1, 0.15) is 86.5 Å². The lowest BCUT2D eigenvalue weighted by Gasteiger charge is -2.28. The maximum atomic E-state index is 12.6. The van der Waals surface area contributed by atoms with E-state index in [-0.39, 0.29) is 24.2 Å². The third-order valence-electron chi connectivity index (χ3n) is 5.79. The van der Waals surface area contributed by atoms with E-state index in [0.29, 0.717) is 19.3 Å². The molecule has 6 unspecified atom stereocenters. The van der Waals surface area contributed by atoms with E-state index in [4.69, 9.17) is 10.8 Å². The second-order valence-corrected chi connectivity index (χ2v) is 10.5. The molecule has 3 amide bonds. The molecule has 0 aromatic rings. The van der Waals surface area contributed by atoms with Crippen LogP contribution in [0.5, 0.6) is 0 Å². The van der Waals surface area contributed by atoms with E-state index >= 15 is 0 Å². The van der Waals surface area contributed by atoms with Crippen LogP contribution in [-0.4, -0.2) is 75.4 Å². The molecule has 0 aliphatic carbocycles. The molecule has 11 heteroatoms. The third-order valence-corrected chi connectivity index (χ3v) is 5.79. The van der Waals surface area contributed by atoms with Gasteiger partial charge in [0.2, 0.25) is 17.7 Å². The number of carboxylic acids is 1. The summed E-state index contributed by atoms with van der Waals surface area (Å²) in [5.74, 6) is -2.51. The van der Waals surface area contributed by atoms with Crippen LogP contribution in [0, 0.1) is 11.8 Å². The molecule has 0 aromatic carbocycles. The van der Waals surface area contributed by atoms with Gasteiger partial charge >= 0.3 is 5.97 Å². The van der Waals surface area contributed by atoms with Gasteiger partial charge in [-0.25, -0.2) is 0 Å². The summed E-state index contributed by atoms with van der Waals surface area (Å²) in [6.07, 6.45) is -0.281. The molecule has 0 bridgehead atoms. The summed E-state index contributed by atoms with van der Waals surface area (Å²) < 4.78 is 0. The van der Waals surface area contributed by atoms with Gasteiger partial charge in [-0.1, -0.05) is 47.5 Å². The highest BCUT2D eigenvalue weighted by atomic mass is 16.4.